The predicted octanol–water partition coefficient (Wildman–Crippen LogP) is 3.16. The number of benzene rings is 2. The third-order valence-electron chi connectivity index (χ3n) is 4.21. The number of hydrogen-bond acceptors (Lipinski definition) is 5. The minimum absolute atomic E-state index is 0.308. The molecule has 2 aromatic carbocycles. The normalized spacial score (nSPS) is 11.6. The summed E-state index contributed by atoms with van der Waals surface area (Å²) in [5.41, 5.74) is 2.42. The lowest BCUT2D eigenvalue weighted by molar-refractivity contribution is -0.142. The van der Waals surface area contributed by atoms with Crippen molar-refractivity contribution in [3.05, 3.63) is 77.6 Å². The van der Waals surface area contributed by atoms with E-state index in [1.807, 2.05) is 60.7 Å². The van der Waals surface area contributed by atoms with Gasteiger partial charge in [-0.3, -0.25) is 4.79 Å². The zero-order valence-electron chi connectivity index (χ0n) is 15.1. The fraction of sp³-hybridized carbons (Fsp3) is 0.190. The average Bonchev–Trinajstić information content (AvgIpc) is 3.10. The van der Waals surface area contributed by atoms with Crippen molar-refractivity contribution in [2.45, 2.75) is 19.4 Å². The number of nitrogens with zero attached hydrogens (tertiary/aromatic N) is 1. The highest BCUT2D eigenvalue weighted by molar-refractivity contribution is 6.02. The monoisotopic (exact) mass is 364 g/mol. The largest absolute Gasteiger partial charge is 0.467 e. The van der Waals surface area contributed by atoms with Gasteiger partial charge in [-0.2, -0.15) is 0 Å². The second-order valence-electron chi connectivity index (χ2n) is 6.07. The van der Waals surface area contributed by atoms with Crippen LogP contribution in [-0.2, 0) is 16.0 Å². The Labute approximate surface area is 157 Å². The minimum Gasteiger partial charge on any atom is -0.467 e. The van der Waals surface area contributed by atoms with Gasteiger partial charge in [0.2, 0.25) is 0 Å². The third-order valence-corrected chi connectivity index (χ3v) is 4.21. The molecule has 1 N–H and O–H groups in total. The summed E-state index contributed by atoms with van der Waals surface area (Å²) in [5.74, 6) is -0.559. The quantitative estimate of drug-likeness (QED) is 0.680. The van der Waals surface area contributed by atoms with E-state index in [-0.39, 0.29) is 0 Å². The molecule has 0 radical (unpaired) electrons. The van der Waals surface area contributed by atoms with E-state index < -0.39 is 17.9 Å². The van der Waals surface area contributed by atoms with Crippen LogP contribution in [0.15, 0.2) is 65.2 Å². The van der Waals surface area contributed by atoms with Crippen LogP contribution in [0.25, 0.3) is 11.3 Å². The first kappa shape index (κ1) is 18.4. The molecule has 6 nitrogen and oxygen atoms in total. The maximum atomic E-state index is 12.9. The van der Waals surface area contributed by atoms with Crippen LogP contribution in [0.2, 0.25) is 0 Å². The Bertz CT molecular complexity index is 920. The summed E-state index contributed by atoms with van der Waals surface area (Å²) >= 11 is 0. The number of esters is 1. The number of ether oxygens (including phenoxy) is 1. The van der Waals surface area contributed by atoms with Gasteiger partial charge in [-0.05, 0) is 12.5 Å². The van der Waals surface area contributed by atoms with Gasteiger partial charge in [0, 0.05) is 12.0 Å². The fourth-order valence-corrected chi connectivity index (χ4v) is 2.85. The SMILES string of the molecule is COC(=O)[C@@H](Cc1ccccc1)NC(=O)c1c(-c2ccccc2)noc1C. The molecule has 0 saturated heterocycles. The molecule has 0 unspecified atom stereocenters. The molecular weight excluding hydrogens is 344 g/mol. The van der Waals surface area contributed by atoms with Gasteiger partial charge in [-0.1, -0.05) is 65.8 Å². The van der Waals surface area contributed by atoms with Crippen LogP contribution >= 0.6 is 0 Å². The topological polar surface area (TPSA) is 81.4 Å². The van der Waals surface area contributed by atoms with Gasteiger partial charge in [-0.25, -0.2) is 4.79 Å². The Balaban J connectivity index is 1.86. The number of aryl methyl sites for hydroxylation is 1. The number of aromatic nitrogens is 1. The zero-order chi connectivity index (χ0) is 19.2. The van der Waals surface area contributed by atoms with E-state index in [0.29, 0.717) is 23.4 Å². The van der Waals surface area contributed by atoms with Crippen LogP contribution in [-0.4, -0.2) is 30.2 Å². The second-order valence-corrected chi connectivity index (χ2v) is 6.07. The van der Waals surface area contributed by atoms with Crippen LogP contribution in [0.3, 0.4) is 0 Å². The molecule has 1 atom stereocenters. The molecule has 0 saturated carbocycles. The Morgan fingerprint density at radius 2 is 1.70 bits per heavy atom. The summed E-state index contributed by atoms with van der Waals surface area (Å²) in [4.78, 5) is 25.1. The average molecular weight is 364 g/mol. The molecular formula is C21H20N2O4. The highest BCUT2D eigenvalue weighted by atomic mass is 16.5. The highest BCUT2D eigenvalue weighted by Gasteiger charge is 2.27. The molecule has 0 fully saturated rings. The Morgan fingerprint density at radius 3 is 2.33 bits per heavy atom. The molecule has 3 rings (SSSR count). The van der Waals surface area contributed by atoms with E-state index in [0.717, 1.165) is 11.1 Å². The first-order valence-electron chi connectivity index (χ1n) is 8.54. The molecule has 0 aliphatic rings. The van der Waals surface area contributed by atoms with E-state index in [9.17, 15) is 9.59 Å². The maximum Gasteiger partial charge on any atom is 0.328 e. The molecule has 138 valence electrons. The van der Waals surface area contributed by atoms with Crippen molar-refractivity contribution in [1.29, 1.82) is 0 Å². The Hall–Kier alpha value is -3.41. The van der Waals surface area contributed by atoms with Gasteiger partial charge >= 0.3 is 5.97 Å². The molecule has 27 heavy (non-hydrogen) atoms. The summed E-state index contributed by atoms with van der Waals surface area (Å²) < 4.78 is 10.1. The molecule has 1 aromatic heterocycles. The fourth-order valence-electron chi connectivity index (χ4n) is 2.85. The van der Waals surface area contributed by atoms with Gasteiger partial charge in [0.05, 0.1) is 7.11 Å². The van der Waals surface area contributed by atoms with Crippen molar-refractivity contribution < 1.29 is 18.8 Å². The number of amides is 1. The summed E-state index contributed by atoms with van der Waals surface area (Å²) in [6.07, 6.45) is 0.324. The minimum atomic E-state index is -0.817. The molecule has 1 heterocycles. The molecule has 0 aliphatic heterocycles. The van der Waals surface area contributed by atoms with Gasteiger partial charge in [-0.15, -0.1) is 0 Å². The number of rotatable bonds is 6. The van der Waals surface area contributed by atoms with E-state index in [1.165, 1.54) is 7.11 Å². The molecule has 3 aromatic rings. The van der Waals surface area contributed by atoms with Crippen LogP contribution in [0.5, 0.6) is 0 Å². The van der Waals surface area contributed by atoms with Crippen molar-refractivity contribution in [3.63, 3.8) is 0 Å². The number of carbonyl (C=O) groups is 2. The Kier molecular flexibility index (Phi) is 5.66. The lowest BCUT2D eigenvalue weighted by Crippen LogP contribution is -2.43. The van der Waals surface area contributed by atoms with Crippen LogP contribution in [0.4, 0.5) is 0 Å². The molecule has 1 amide bonds. The van der Waals surface area contributed by atoms with Gasteiger partial charge in [0.25, 0.3) is 5.91 Å². The number of nitrogens with one attached hydrogen (secondary N) is 1. The second kappa shape index (κ2) is 8.31. The molecule has 0 aliphatic carbocycles. The molecule has 6 heteroatoms. The number of methoxy groups -OCH3 is 1. The van der Waals surface area contributed by atoms with Crippen molar-refractivity contribution >= 4 is 11.9 Å². The first-order valence-corrected chi connectivity index (χ1v) is 8.54. The van der Waals surface area contributed by atoms with Crippen molar-refractivity contribution in [1.82, 2.24) is 10.5 Å². The lowest BCUT2D eigenvalue weighted by Gasteiger charge is -2.16. The summed E-state index contributed by atoms with van der Waals surface area (Å²) in [6, 6.07) is 17.9. The van der Waals surface area contributed by atoms with E-state index in [1.54, 1.807) is 6.92 Å². The maximum absolute atomic E-state index is 12.9. The van der Waals surface area contributed by atoms with Gasteiger partial charge < -0.3 is 14.6 Å². The number of hydrogen-bond donors (Lipinski definition) is 1. The zero-order valence-corrected chi connectivity index (χ0v) is 15.1. The van der Waals surface area contributed by atoms with Crippen molar-refractivity contribution in [2.24, 2.45) is 0 Å². The smallest absolute Gasteiger partial charge is 0.328 e. The van der Waals surface area contributed by atoms with E-state index >= 15 is 0 Å². The summed E-state index contributed by atoms with van der Waals surface area (Å²) in [5, 5.41) is 6.77. The summed E-state index contributed by atoms with van der Waals surface area (Å²) in [6.45, 7) is 1.67. The first-order chi connectivity index (χ1) is 13.1. The van der Waals surface area contributed by atoms with Crippen LogP contribution in [0, 0.1) is 6.92 Å². The summed E-state index contributed by atoms with van der Waals surface area (Å²) in [7, 11) is 1.30. The lowest BCUT2D eigenvalue weighted by atomic mass is 10.0. The molecule has 0 bridgehead atoms. The van der Waals surface area contributed by atoms with Gasteiger partial charge in [0.1, 0.15) is 23.1 Å². The van der Waals surface area contributed by atoms with Gasteiger partial charge in [0.15, 0.2) is 0 Å². The standard InChI is InChI=1S/C21H20N2O4/c1-14-18(19(23-27-14)16-11-7-4-8-12-16)20(24)22-17(21(25)26-2)13-15-9-5-3-6-10-15/h3-12,17H,13H2,1-2H3,(H,22,24)/t17-/m1/s1. The van der Waals surface area contributed by atoms with Crippen LogP contribution in [0.1, 0.15) is 21.7 Å². The van der Waals surface area contributed by atoms with Crippen LogP contribution < -0.4 is 5.32 Å². The van der Waals surface area contributed by atoms with Crippen molar-refractivity contribution in [2.75, 3.05) is 7.11 Å². The van der Waals surface area contributed by atoms with E-state index in [4.69, 9.17) is 9.26 Å². The van der Waals surface area contributed by atoms with Crippen molar-refractivity contribution in [3.8, 4) is 11.3 Å². The third kappa shape index (κ3) is 4.23. The Morgan fingerprint density at radius 1 is 1.07 bits per heavy atom. The highest BCUT2D eigenvalue weighted by Crippen LogP contribution is 2.25. The van der Waals surface area contributed by atoms with E-state index in [2.05, 4.69) is 10.5 Å². The number of carbonyl (C=O) groups excluding carboxylic acids is 2. The predicted molar refractivity (Wildman–Crippen MR) is 100 cm³/mol. The molecule has 0 spiro atoms.